The molecule has 112 valence electrons. The van der Waals surface area contributed by atoms with Crippen molar-refractivity contribution >= 4 is 21.7 Å². The van der Waals surface area contributed by atoms with Gasteiger partial charge in [-0.05, 0) is 12.8 Å². The van der Waals surface area contributed by atoms with Crippen LogP contribution in [0.15, 0.2) is 30.3 Å². The smallest absolute Gasteiger partial charge is 0.162 e. The van der Waals surface area contributed by atoms with Gasteiger partial charge in [0.25, 0.3) is 0 Å². The molecule has 0 radical (unpaired) electrons. The van der Waals surface area contributed by atoms with E-state index in [0.29, 0.717) is 11.2 Å². The number of unbranched alkanes of at least 4 members (excludes halogenated alkanes) is 5. The summed E-state index contributed by atoms with van der Waals surface area (Å²) in [5.41, 5.74) is 0.840. The van der Waals surface area contributed by atoms with Crippen LogP contribution in [-0.2, 0) is 0 Å². The van der Waals surface area contributed by atoms with Crippen molar-refractivity contribution < 1.29 is 4.79 Å². The van der Waals surface area contributed by atoms with E-state index in [4.69, 9.17) is 0 Å². The summed E-state index contributed by atoms with van der Waals surface area (Å²) >= 11 is 3.71. The Hall–Kier alpha value is -0.630. The first-order chi connectivity index (χ1) is 9.74. The molecule has 0 bridgehead atoms. The SMILES string of the molecule is CCCCCCCCC(Br)CCC(=O)c1ccccc1. The number of Topliss-reactive ketones (excluding diaryl/α,β-unsaturated/α-hetero) is 1. The summed E-state index contributed by atoms with van der Waals surface area (Å²) in [5.74, 6) is 0.262. The maximum Gasteiger partial charge on any atom is 0.162 e. The molecule has 0 aromatic heterocycles. The van der Waals surface area contributed by atoms with Gasteiger partial charge in [0.05, 0.1) is 0 Å². The molecule has 1 aromatic carbocycles. The molecular weight excluding hydrogens is 312 g/mol. The molecule has 1 nitrogen and oxygen atoms in total. The van der Waals surface area contributed by atoms with Gasteiger partial charge in [-0.25, -0.2) is 0 Å². The third kappa shape index (κ3) is 7.84. The molecule has 0 aliphatic carbocycles. The number of carbonyl (C=O) groups is 1. The molecule has 0 spiro atoms. The molecule has 1 aromatic rings. The van der Waals surface area contributed by atoms with Gasteiger partial charge >= 0.3 is 0 Å². The molecule has 2 heteroatoms. The normalized spacial score (nSPS) is 12.3. The molecule has 0 heterocycles. The lowest BCUT2D eigenvalue weighted by Gasteiger charge is -2.09. The van der Waals surface area contributed by atoms with Crippen molar-refractivity contribution in [3.8, 4) is 0 Å². The summed E-state index contributed by atoms with van der Waals surface area (Å²) in [6.45, 7) is 2.25. The predicted molar refractivity (Wildman–Crippen MR) is 90.7 cm³/mol. The molecule has 0 fully saturated rings. The van der Waals surface area contributed by atoms with Gasteiger partial charge in [-0.3, -0.25) is 4.79 Å². The van der Waals surface area contributed by atoms with Crippen molar-refractivity contribution in [2.24, 2.45) is 0 Å². The Morgan fingerprint density at radius 1 is 1.00 bits per heavy atom. The average Bonchev–Trinajstić information content (AvgIpc) is 2.49. The number of hydrogen-bond acceptors (Lipinski definition) is 1. The van der Waals surface area contributed by atoms with Gasteiger partial charge in [-0.1, -0.05) is 91.7 Å². The lowest BCUT2D eigenvalue weighted by atomic mass is 10.0. The summed E-state index contributed by atoms with van der Waals surface area (Å²) in [4.78, 5) is 12.5. The number of carbonyl (C=O) groups excluding carboxylic acids is 1. The van der Waals surface area contributed by atoms with Crippen LogP contribution in [0.4, 0.5) is 0 Å². The molecule has 1 rings (SSSR count). The number of rotatable bonds is 11. The number of alkyl halides is 1. The van der Waals surface area contributed by atoms with E-state index < -0.39 is 0 Å². The van der Waals surface area contributed by atoms with Gasteiger partial charge in [-0.2, -0.15) is 0 Å². The van der Waals surface area contributed by atoms with E-state index in [1.165, 1.54) is 44.9 Å². The van der Waals surface area contributed by atoms with E-state index in [1.54, 1.807) is 0 Å². The molecule has 0 amide bonds. The Labute approximate surface area is 132 Å². The number of hydrogen-bond donors (Lipinski definition) is 0. The molecule has 0 saturated heterocycles. The monoisotopic (exact) mass is 338 g/mol. The summed E-state index contributed by atoms with van der Waals surface area (Å²) in [6.07, 6.45) is 10.8. The van der Waals surface area contributed by atoms with Crippen LogP contribution in [0.25, 0.3) is 0 Å². The maximum atomic E-state index is 12.0. The molecule has 0 aliphatic heterocycles. The topological polar surface area (TPSA) is 17.1 Å². The van der Waals surface area contributed by atoms with Crippen molar-refractivity contribution in [2.45, 2.75) is 69.5 Å². The second-order valence-corrected chi connectivity index (χ2v) is 6.78. The highest BCUT2D eigenvalue weighted by molar-refractivity contribution is 9.09. The predicted octanol–water partition coefficient (Wildman–Crippen LogP) is 6.16. The van der Waals surface area contributed by atoms with Crippen LogP contribution in [-0.4, -0.2) is 10.6 Å². The van der Waals surface area contributed by atoms with Crippen LogP contribution < -0.4 is 0 Å². The van der Waals surface area contributed by atoms with Crippen LogP contribution in [0.5, 0.6) is 0 Å². The third-order valence-corrected chi connectivity index (χ3v) is 4.57. The molecular formula is C18H27BrO. The molecule has 20 heavy (non-hydrogen) atoms. The highest BCUT2D eigenvalue weighted by Gasteiger charge is 2.09. The minimum atomic E-state index is 0.262. The van der Waals surface area contributed by atoms with E-state index in [0.717, 1.165) is 12.0 Å². The quantitative estimate of drug-likeness (QED) is 0.268. The number of halogens is 1. The second-order valence-electron chi connectivity index (χ2n) is 5.48. The summed E-state index contributed by atoms with van der Waals surface area (Å²) in [7, 11) is 0. The minimum Gasteiger partial charge on any atom is -0.294 e. The fourth-order valence-corrected chi connectivity index (χ4v) is 2.90. The van der Waals surface area contributed by atoms with Crippen molar-refractivity contribution in [2.75, 3.05) is 0 Å². The van der Waals surface area contributed by atoms with E-state index in [9.17, 15) is 4.79 Å². The zero-order valence-electron chi connectivity index (χ0n) is 12.6. The zero-order valence-corrected chi connectivity index (χ0v) is 14.2. The van der Waals surface area contributed by atoms with Gasteiger partial charge in [-0.15, -0.1) is 0 Å². The standard InChI is InChI=1S/C18H27BrO/c1-2-3-4-5-6-10-13-17(19)14-15-18(20)16-11-8-7-9-12-16/h7-9,11-12,17H,2-6,10,13-15H2,1H3. The van der Waals surface area contributed by atoms with Crippen LogP contribution in [0, 0.1) is 0 Å². The highest BCUT2D eigenvalue weighted by atomic mass is 79.9. The van der Waals surface area contributed by atoms with E-state index in [1.807, 2.05) is 30.3 Å². The van der Waals surface area contributed by atoms with E-state index in [-0.39, 0.29) is 5.78 Å². The first-order valence-electron chi connectivity index (χ1n) is 7.96. The zero-order chi connectivity index (χ0) is 14.6. The van der Waals surface area contributed by atoms with Gasteiger partial charge in [0.1, 0.15) is 0 Å². The highest BCUT2D eigenvalue weighted by Crippen LogP contribution is 2.18. The second kappa shape index (κ2) is 11.1. The maximum absolute atomic E-state index is 12.0. The van der Waals surface area contributed by atoms with Gasteiger partial charge in [0, 0.05) is 16.8 Å². The van der Waals surface area contributed by atoms with Crippen molar-refractivity contribution in [3.63, 3.8) is 0 Å². The Bertz CT molecular complexity index is 361. The Morgan fingerprint density at radius 3 is 2.35 bits per heavy atom. The van der Waals surface area contributed by atoms with Crippen molar-refractivity contribution in [1.82, 2.24) is 0 Å². The van der Waals surface area contributed by atoms with Crippen LogP contribution in [0.3, 0.4) is 0 Å². The average molecular weight is 339 g/mol. The first-order valence-corrected chi connectivity index (χ1v) is 8.88. The summed E-state index contributed by atoms with van der Waals surface area (Å²) in [6, 6.07) is 9.60. The van der Waals surface area contributed by atoms with E-state index in [2.05, 4.69) is 22.9 Å². The van der Waals surface area contributed by atoms with Crippen molar-refractivity contribution in [3.05, 3.63) is 35.9 Å². The van der Waals surface area contributed by atoms with Crippen molar-refractivity contribution in [1.29, 1.82) is 0 Å². The number of benzene rings is 1. The third-order valence-electron chi connectivity index (χ3n) is 3.65. The van der Waals surface area contributed by atoms with Crippen LogP contribution in [0.2, 0.25) is 0 Å². The molecule has 0 aliphatic rings. The van der Waals surface area contributed by atoms with Crippen LogP contribution >= 0.6 is 15.9 Å². The fourth-order valence-electron chi connectivity index (χ4n) is 2.35. The molecule has 0 N–H and O–H groups in total. The summed E-state index contributed by atoms with van der Waals surface area (Å²) < 4.78 is 0. The molecule has 1 unspecified atom stereocenters. The van der Waals surface area contributed by atoms with Gasteiger partial charge in [0.2, 0.25) is 0 Å². The Kier molecular flexibility index (Phi) is 9.65. The minimum absolute atomic E-state index is 0.262. The van der Waals surface area contributed by atoms with Gasteiger partial charge < -0.3 is 0 Å². The summed E-state index contributed by atoms with van der Waals surface area (Å²) in [5, 5.41) is 0. The molecule has 0 saturated carbocycles. The first kappa shape index (κ1) is 17.4. The fraction of sp³-hybridized carbons (Fsp3) is 0.611. The Morgan fingerprint density at radius 2 is 1.65 bits per heavy atom. The number of ketones is 1. The lowest BCUT2D eigenvalue weighted by molar-refractivity contribution is 0.0979. The van der Waals surface area contributed by atoms with E-state index >= 15 is 0 Å². The largest absolute Gasteiger partial charge is 0.294 e. The van der Waals surface area contributed by atoms with Gasteiger partial charge in [0.15, 0.2) is 5.78 Å². The lowest BCUT2D eigenvalue weighted by Crippen LogP contribution is -2.04. The van der Waals surface area contributed by atoms with Crippen LogP contribution in [0.1, 0.15) is 75.1 Å². The molecule has 1 atom stereocenters. The Balaban J connectivity index is 2.08.